The minimum atomic E-state index is -1.08. The van der Waals surface area contributed by atoms with Gasteiger partial charge in [-0.1, -0.05) is 5.04 Å². The van der Waals surface area contributed by atoms with Gasteiger partial charge in [-0.2, -0.15) is 0 Å². The third-order valence-electron chi connectivity index (χ3n) is 1.82. The summed E-state index contributed by atoms with van der Waals surface area (Å²) in [6, 6.07) is 0. The maximum Gasteiger partial charge on any atom is 0.104 e. The van der Waals surface area contributed by atoms with E-state index in [0.29, 0.717) is 12.8 Å². The van der Waals surface area contributed by atoms with E-state index in [1.807, 2.05) is 0 Å². The fourth-order valence-electron chi connectivity index (χ4n) is 1.31. The van der Waals surface area contributed by atoms with E-state index < -0.39 is 12.3 Å². The van der Waals surface area contributed by atoms with Gasteiger partial charge in [0.1, 0.15) is 12.3 Å². The molecule has 13 heavy (non-hydrogen) atoms. The third-order valence-corrected chi connectivity index (χ3v) is 2.61. The van der Waals surface area contributed by atoms with Crippen molar-refractivity contribution in [1.82, 2.24) is 0 Å². The van der Waals surface area contributed by atoms with E-state index in [2.05, 4.69) is 14.3 Å². The number of hydrogen-bond acceptors (Lipinski definition) is 4. The second-order valence-electron chi connectivity index (χ2n) is 2.92. The van der Waals surface area contributed by atoms with Crippen molar-refractivity contribution in [3.8, 4) is 0 Å². The first-order chi connectivity index (χ1) is 6.22. The van der Waals surface area contributed by atoms with Crippen LogP contribution in [0.5, 0.6) is 0 Å². The van der Waals surface area contributed by atoms with Gasteiger partial charge in [0.25, 0.3) is 0 Å². The van der Waals surface area contributed by atoms with E-state index in [-0.39, 0.29) is 11.7 Å². The molecule has 0 radical (unpaired) electrons. The molecule has 3 nitrogen and oxygen atoms in total. The molecule has 2 atom stereocenters. The molecule has 1 saturated carbocycles. The van der Waals surface area contributed by atoms with Crippen LogP contribution in [0, 0.1) is 0 Å². The summed E-state index contributed by atoms with van der Waals surface area (Å²) in [5.74, 6) is 0. The van der Waals surface area contributed by atoms with Gasteiger partial charge in [0.05, 0.1) is 7.11 Å². The molecule has 0 amide bonds. The Labute approximate surface area is 79.8 Å². The van der Waals surface area contributed by atoms with Crippen molar-refractivity contribution in [3.63, 3.8) is 0 Å². The minimum absolute atomic E-state index is 0.00218. The fourth-order valence-corrected chi connectivity index (χ4v) is 2.09. The molecule has 1 rings (SSSR count). The Bertz CT molecular complexity index is 140. The normalized spacial score (nSPS) is 34.8. The van der Waals surface area contributed by atoms with Gasteiger partial charge < -0.3 is 0 Å². The third kappa shape index (κ3) is 4.21. The predicted molar refractivity (Wildman–Crippen MR) is 44.2 cm³/mol. The topological polar surface area (TPSA) is 27.7 Å². The summed E-state index contributed by atoms with van der Waals surface area (Å²) in [5.41, 5.74) is 0. The Balaban J connectivity index is 2.17. The minimum Gasteiger partial charge on any atom is -0.247 e. The lowest BCUT2D eigenvalue weighted by atomic mass is 9.97. The highest BCUT2D eigenvalue weighted by Crippen LogP contribution is 2.32. The zero-order valence-corrected chi connectivity index (χ0v) is 8.06. The van der Waals surface area contributed by atoms with Crippen LogP contribution in [-0.4, -0.2) is 24.7 Å². The molecule has 2 unspecified atom stereocenters. The highest BCUT2D eigenvalue weighted by atomic mass is 32.2. The molecule has 0 N–H and O–H groups in total. The molecule has 0 bridgehead atoms. The Morgan fingerprint density at radius 2 is 1.77 bits per heavy atom. The van der Waals surface area contributed by atoms with Crippen LogP contribution in [0.15, 0.2) is 0 Å². The van der Waals surface area contributed by atoms with Crippen LogP contribution < -0.4 is 0 Å². The number of hydrogen-bond donors (Lipinski definition) is 0. The van der Waals surface area contributed by atoms with E-state index in [0.717, 1.165) is 12.0 Å². The van der Waals surface area contributed by atoms with Gasteiger partial charge in [-0.05, 0) is 12.8 Å². The molecule has 0 saturated heterocycles. The first-order valence-corrected chi connectivity index (χ1v) is 4.83. The molecule has 0 spiro atoms. The molecule has 0 aromatic rings. The maximum absolute atomic E-state index is 12.8. The molecule has 1 aliphatic carbocycles. The van der Waals surface area contributed by atoms with Crippen LogP contribution in [0.2, 0.25) is 0 Å². The second-order valence-corrected chi connectivity index (χ2v) is 3.92. The Morgan fingerprint density at radius 1 is 1.15 bits per heavy atom. The lowest BCUT2D eigenvalue weighted by Crippen LogP contribution is -2.26. The number of halogens is 2. The SMILES string of the molecule is COOOSC1CC(F)CC(F)C1. The van der Waals surface area contributed by atoms with Gasteiger partial charge in [-0.25, -0.2) is 13.7 Å². The molecule has 0 aliphatic heterocycles. The Morgan fingerprint density at radius 3 is 2.31 bits per heavy atom. The molecular formula is C7H12F2O3S. The Hall–Kier alpha value is 0.0900. The van der Waals surface area contributed by atoms with Gasteiger partial charge in [-0.3, -0.25) is 0 Å². The van der Waals surface area contributed by atoms with E-state index in [1.54, 1.807) is 0 Å². The summed E-state index contributed by atoms with van der Waals surface area (Å²) in [6.45, 7) is 0. The van der Waals surface area contributed by atoms with Crippen molar-refractivity contribution in [2.45, 2.75) is 36.9 Å². The largest absolute Gasteiger partial charge is 0.247 e. The summed E-state index contributed by atoms with van der Waals surface area (Å²) in [5, 5.41) is 3.92. The van der Waals surface area contributed by atoms with Crippen LogP contribution in [-0.2, 0) is 14.3 Å². The average Bonchev–Trinajstić information content (AvgIpc) is 2.03. The van der Waals surface area contributed by atoms with E-state index in [1.165, 1.54) is 7.11 Å². The summed E-state index contributed by atoms with van der Waals surface area (Å²) in [4.78, 5) is 4.16. The molecule has 1 fully saturated rings. The number of rotatable bonds is 4. The van der Waals surface area contributed by atoms with Crippen LogP contribution >= 0.6 is 12.0 Å². The van der Waals surface area contributed by atoms with Gasteiger partial charge in [0.2, 0.25) is 0 Å². The molecule has 6 heteroatoms. The molecule has 1 aliphatic rings. The van der Waals surface area contributed by atoms with Crippen molar-refractivity contribution >= 4 is 12.0 Å². The van der Waals surface area contributed by atoms with Gasteiger partial charge in [0.15, 0.2) is 0 Å². The molecule has 78 valence electrons. The maximum atomic E-state index is 12.8. The van der Waals surface area contributed by atoms with E-state index >= 15 is 0 Å². The van der Waals surface area contributed by atoms with Gasteiger partial charge in [-0.15, -0.1) is 4.33 Å². The lowest BCUT2D eigenvalue weighted by molar-refractivity contribution is -0.447. The van der Waals surface area contributed by atoms with E-state index in [9.17, 15) is 8.78 Å². The zero-order valence-electron chi connectivity index (χ0n) is 7.24. The van der Waals surface area contributed by atoms with Crippen molar-refractivity contribution in [2.24, 2.45) is 0 Å². The standard InChI is InChI=1S/C7H12F2O3S/c1-10-11-12-13-7-3-5(8)2-6(9)4-7/h5-7H,2-4H2,1H3. The quantitative estimate of drug-likeness (QED) is 0.311. The summed E-state index contributed by atoms with van der Waals surface area (Å²) in [6.07, 6.45) is -1.54. The summed E-state index contributed by atoms with van der Waals surface area (Å²) in [7, 11) is 1.29. The van der Waals surface area contributed by atoms with Crippen LogP contribution in [0.4, 0.5) is 8.78 Å². The van der Waals surface area contributed by atoms with Crippen LogP contribution in [0.1, 0.15) is 19.3 Å². The van der Waals surface area contributed by atoms with Crippen molar-refractivity contribution in [2.75, 3.05) is 7.11 Å². The van der Waals surface area contributed by atoms with Crippen molar-refractivity contribution in [1.29, 1.82) is 0 Å². The Kier molecular flexibility index (Phi) is 4.93. The first kappa shape index (κ1) is 11.2. The summed E-state index contributed by atoms with van der Waals surface area (Å²) < 4.78 is 30.1. The zero-order chi connectivity index (χ0) is 9.68. The number of alkyl halides is 2. The second kappa shape index (κ2) is 5.74. The highest BCUT2D eigenvalue weighted by molar-refractivity contribution is 7.95. The van der Waals surface area contributed by atoms with Gasteiger partial charge in [0, 0.05) is 23.7 Å². The van der Waals surface area contributed by atoms with Crippen molar-refractivity contribution in [3.05, 3.63) is 0 Å². The smallest absolute Gasteiger partial charge is 0.104 e. The lowest BCUT2D eigenvalue weighted by Gasteiger charge is -2.25. The highest BCUT2D eigenvalue weighted by Gasteiger charge is 2.29. The molecular weight excluding hydrogens is 202 g/mol. The van der Waals surface area contributed by atoms with Crippen LogP contribution in [0.3, 0.4) is 0 Å². The first-order valence-electron chi connectivity index (χ1n) is 4.03. The van der Waals surface area contributed by atoms with Crippen molar-refractivity contribution < 1.29 is 23.0 Å². The molecule has 0 aromatic heterocycles. The van der Waals surface area contributed by atoms with E-state index in [4.69, 9.17) is 0 Å². The monoisotopic (exact) mass is 214 g/mol. The summed E-state index contributed by atoms with van der Waals surface area (Å²) >= 11 is 0.902. The average molecular weight is 214 g/mol. The predicted octanol–water partition coefficient (Wildman–Crippen LogP) is 2.37. The molecule has 0 aromatic carbocycles. The fraction of sp³-hybridized carbons (Fsp3) is 1.00. The van der Waals surface area contributed by atoms with Crippen LogP contribution in [0.25, 0.3) is 0 Å². The van der Waals surface area contributed by atoms with Gasteiger partial charge >= 0.3 is 0 Å². The molecule has 0 heterocycles.